The molecule has 1 aromatic heterocycles. The molecule has 2 aromatic rings. The van der Waals surface area contributed by atoms with E-state index < -0.39 is 0 Å². The number of ether oxygens (including phenoxy) is 1. The molecular weight excluding hydrogens is 367 g/mol. The molecule has 6 rings (SSSR count). The summed E-state index contributed by atoms with van der Waals surface area (Å²) in [5.74, 6) is 1.12. The van der Waals surface area contributed by atoms with Gasteiger partial charge in [-0.2, -0.15) is 5.10 Å². The molecule has 3 aliphatic heterocycles. The third-order valence-corrected chi connectivity index (χ3v) is 7.61. The molecular formula is C23H29FN4O. The SMILES string of the molecule is Fc1ccc(-n2cc(N3CCC4C(CCN4C4COC4)C3)c(C3CCC3)n2)cc1. The third kappa shape index (κ3) is 3.08. The van der Waals surface area contributed by atoms with Crippen LogP contribution in [0.15, 0.2) is 30.5 Å². The number of hydrogen-bond donors (Lipinski definition) is 0. The standard InChI is InChI=1S/C23H29FN4O/c24-18-4-6-19(7-5-18)28-13-22(23(25-28)16-2-1-3-16)26-10-9-21-17(12-26)8-11-27(21)20-14-29-15-20/h4-7,13,16-17,20-21H,1-3,8-12,14-15H2. The summed E-state index contributed by atoms with van der Waals surface area (Å²) >= 11 is 0. The Morgan fingerprint density at radius 1 is 1.00 bits per heavy atom. The number of fused-ring (bicyclic) bond motifs is 1. The van der Waals surface area contributed by atoms with Crippen LogP contribution < -0.4 is 4.90 Å². The number of nitrogens with zero attached hydrogens (tertiary/aromatic N) is 4. The Balaban J connectivity index is 1.26. The summed E-state index contributed by atoms with van der Waals surface area (Å²) in [5, 5.41) is 4.98. The molecule has 0 radical (unpaired) electrons. The molecule has 154 valence electrons. The van der Waals surface area contributed by atoms with Crippen LogP contribution in [0.1, 0.15) is 43.7 Å². The van der Waals surface area contributed by atoms with Crippen LogP contribution in [0.25, 0.3) is 5.69 Å². The zero-order valence-electron chi connectivity index (χ0n) is 16.8. The molecule has 2 atom stereocenters. The fraction of sp³-hybridized carbons (Fsp3) is 0.609. The van der Waals surface area contributed by atoms with Gasteiger partial charge in [-0.15, -0.1) is 0 Å². The van der Waals surface area contributed by atoms with Gasteiger partial charge in [-0.1, -0.05) is 6.42 Å². The van der Waals surface area contributed by atoms with E-state index in [0.717, 1.165) is 44.0 Å². The van der Waals surface area contributed by atoms with Gasteiger partial charge in [-0.05, 0) is 62.4 Å². The highest BCUT2D eigenvalue weighted by atomic mass is 19.1. The Morgan fingerprint density at radius 2 is 1.83 bits per heavy atom. The van der Waals surface area contributed by atoms with Crippen molar-refractivity contribution >= 4 is 5.69 Å². The molecule has 4 aliphatic rings. The van der Waals surface area contributed by atoms with E-state index in [1.165, 1.54) is 62.2 Å². The third-order valence-electron chi connectivity index (χ3n) is 7.61. The van der Waals surface area contributed by atoms with E-state index >= 15 is 0 Å². The van der Waals surface area contributed by atoms with Gasteiger partial charge in [0.25, 0.3) is 0 Å². The minimum atomic E-state index is -0.204. The summed E-state index contributed by atoms with van der Waals surface area (Å²) < 4.78 is 20.8. The maximum Gasteiger partial charge on any atom is 0.123 e. The van der Waals surface area contributed by atoms with Crippen molar-refractivity contribution in [1.29, 1.82) is 0 Å². The molecule has 3 saturated heterocycles. The van der Waals surface area contributed by atoms with Crippen molar-refractivity contribution in [3.63, 3.8) is 0 Å². The largest absolute Gasteiger partial charge is 0.378 e. The second kappa shape index (κ2) is 7.10. The zero-order chi connectivity index (χ0) is 19.4. The first-order chi connectivity index (χ1) is 14.3. The van der Waals surface area contributed by atoms with Crippen molar-refractivity contribution in [2.45, 2.75) is 50.1 Å². The highest BCUT2D eigenvalue weighted by molar-refractivity contribution is 5.54. The van der Waals surface area contributed by atoms with Gasteiger partial charge in [0, 0.05) is 25.0 Å². The van der Waals surface area contributed by atoms with Crippen LogP contribution >= 0.6 is 0 Å². The summed E-state index contributed by atoms with van der Waals surface area (Å²) in [7, 11) is 0. The molecule has 5 nitrogen and oxygen atoms in total. The Labute approximate surface area is 171 Å². The molecule has 1 aromatic carbocycles. The molecule has 6 heteroatoms. The lowest BCUT2D eigenvalue weighted by molar-refractivity contribution is -0.0732. The maximum absolute atomic E-state index is 13.4. The van der Waals surface area contributed by atoms with Gasteiger partial charge in [0.1, 0.15) is 5.82 Å². The van der Waals surface area contributed by atoms with E-state index in [-0.39, 0.29) is 5.82 Å². The molecule has 1 aliphatic carbocycles. The molecule has 4 heterocycles. The van der Waals surface area contributed by atoms with E-state index in [9.17, 15) is 4.39 Å². The quantitative estimate of drug-likeness (QED) is 0.791. The van der Waals surface area contributed by atoms with Crippen molar-refractivity contribution in [1.82, 2.24) is 14.7 Å². The summed E-state index contributed by atoms with van der Waals surface area (Å²) in [6.45, 7) is 5.29. The maximum atomic E-state index is 13.4. The topological polar surface area (TPSA) is 33.5 Å². The number of aromatic nitrogens is 2. The predicted octanol–water partition coefficient (Wildman–Crippen LogP) is 3.58. The molecule has 4 fully saturated rings. The monoisotopic (exact) mass is 396 g/mol. The number of piperidine rings is 1. The van der Waals surface area contributed by atoms with Crippen LogP contribution in [0.5, 0.6) is 0 Å². The number of rotatable bonds is 4. The first-order valence-corrected chi connectivity index (χ1v) is 11.2. The van der Waals surface area contributed by atoms with Gasteiger partial charge in [0.15, 0.2) is 0 Å². The number of hydrogen-bond acceptors (Lipinski definition) is 4. The van der Waals surface area contributed by atoms with E-state index in [1.54, 1.807) is 0 Å². The van der Waals surface area contributed by atoms with E-state index in [4.69, 9.17) is 9.84 Å². The normalized spacial score (nSPS) is 28.2. The summed E-state index contributed by atoms with van der Waals surface area (Å²) in [6, 6.07) is 8.05. The van der Waals surface area contributed by atoms with Gasteiger partial charge in [0.05, 0.1) is 42.5 Å². The molecule has 29 heavy (non-hydrogen) atoms. The van der Waals surface area contributed by atoms with Gasteiger partial charge >= 0.3 is 0 Å². The summed E-state index contributed by atoms with van der Waals surface area (Å²) in [5.41, 5.74) is 3.49. The zero-order valence-corrected chi connectivity index (χ0v) is 16.8. The van der Waals surface area contributed by atoms with Crippen molar-refractivity contribution in [3.05, 3.63) is 42.0 Å². The first-order valence-electron chi connectivity index (χ1n) is 11.2. The van der Waals surface area contributed by atoms with Gasteiger partial charge in [-0.3, -0.25) is 4.90 Å². The van der Waals surface area contributed by atoms with Crippen LogP contribution in [0.2, 0.25) is 0 Å². The Morgan fingerprint density at radius 3 is 2.52 bits per heavy atom. The molecule has 0 spiro atoms. The highest BCUT2D eigenvalue weighted by Gasteiger charge is 2.43. The van der Waals surface area contributed by atoms with Crippen molar-refractivity contribution in [2.75, 3.05) is 37.7 Å². The van der Waals surface area contributed by atoms with E-state index in [1.807, 2.05) is 16.8 Å². The summed E-state index contributed by atoms with van der Waals surface area (Å²) in [4.78, 5) is 5.31. The molecule has 1 saturated carbocycles. The minimum absolute atomic E-state index is 0.204. The number of halogens is 1. The van der Waals surface area contributed by atoms with Gasteiger partial charge < -0.3 is 9.64 Å². The molecule has 0 amide bonds. The Hall–Kier alpha value is -1.92. The number of anilines is 1. The second-order valence-corrected chi connectivity index (χ2v) is 9.23. The molecule has 0 bridgehead atoms. The van der Waals surface area contributed by atoms with Crippen molar-refractivity contribution in [2.24, 2.45) is 5.92 Å². The first kappa shape index (κ1) is 17.9. The van der Waals surface area contributed by atoms with Crippen LogP contribution in [0.4, 0.5) is 10.1 Å². The minimum Gasteiger partial charge on any atom is -0.378 e. The highest BCUT2D eigenvalue weighted by Crippen LogP contribution is 2.43. The van der Waals surface area contributed by atoms with Crippen LogP contribution in [0, 0.1) is 11.7 Å². The lowest BCUT2D eigenvalue weighted by Crippen LogP contribution is -2.55. The average molecular weight is 397 g/mol. The average Bonchev–Trinajstić information content (AvgIpc) is 3.24. The van der Waals surface area contributed by atoms with E-state index in [0.29, 0.717) is 12.0 Å². The van der Waals surface area contributed by atoms with Crippen LogP contribution in [-0.4, -0.2) is 59.6 Å². The lowest BCUT2D eigenvalue weighted by atomic mass is 9.82. The number of benzene rings is 1. The Kier molecular flexibility index (Phi) is 4.38. The van der Waals surface area contributed by atoms with Crippen molar-refractivity contribution in [3.8, 4) is 5.69 Å². The fourth-order valence-corrected chi connectivity index (χ4v) is 5.63. The smallest absolute Gasteiger partial charge is 0.123 e. The van der Waals surface area contributed by atoms with Gasteiger partial charge in [-0.25, -0.2) is 9.07 Å². The predicted molar refractivity (Wildman–Crippen MR) is 110 cm³/mol. The van der Waals surface area contributed by atoms with Crippen LogP contribution in [-0.2, 0) is 4.74 Å². The second-order valence-electron chi connectivity index (χ2n) is 9.23. The molecule has 0 N–H and O–H groups in total. The molecule has 2 unspecified atom stereocenters. The van der Waals surface area contributed by atoms with Gasteiger partial charge in [0.2, 0.25) is 0 Å². The van der Waals surface area contributed by atoms with Crippen molar-refractivity contribution < 1.29 is 9.13 Å². The van der Waals surface area contributed by atoms with Crippen LogP contribution in [0.3, 0.4) is 0 Å². The fourth-order valence-electron chi connectivity index (χ4n) is 5.63. The Bertz CT molecular complexity index is 874. The number of likely N-dealkylation sites (tertiary alicyclic amines) is 1. The lowest BCUT2D eigenvalue weighted by Gasteiger charge is -2.44. The van der Waals surface area contributed by atoms with E-state index in [2.05, 4.69) is 16.0 Å². The summed E-state index contributed by atoms with van der Waals surface area (Å²) in [6.07, 6.45) is 8.49.